The number of pyridine rings is 1. The third kappa shape index (κ3) is 4.13. The van der Waals surface area contributed by atoms with E-state index in [1.807, 2.05) is 6.07 Å². The number of benzene rings is 1. The number of rotatable bonds is 5. The van der Waals surface area contributed by atoms with Crippen LogP contribution in [0.25, 0.3) is 18.3 Å². The van der Waals surface area contributed by atoms with E-state index >= 15 is 0 Å². The maximum atomic E-state index is 12.8. The molecule has 0 amide bonds. The van der Waals surface area contributed by atoms with Crippen molar-refractivity contribution < 1.29 is 24.0 Å². The smallest absolute Gasteiger partial charge is 0.469 e. The molecule has 0 radical (unpaired) electrons. The van der Waals surface area contributed by atoms with Crippen molar-refractivity contribution in [2.24, 2.45) is 0 Å². The minimum absolute atomic E-state index is 0.169. The number of aromatic amines is 1. The van der Waals surface area contributed by atoms with E-state index in [-0.39, 0.29) is 27.8 Å². The van der Waals surface area contributed by atoms with Crippen LogP contribution in [-0.4, -0.2) is 29.7 Å². The van der Waals surface area contributed by atoms with Crippen LogP contribution in [0.15, 0.2) is 41.3 Å². The van der Waals surface area contributed by atoms with Crippen molar-refractivity contribution in [3.05, 3.63) is 74.3 Å². The molecule has 2 aromatic heterocycles. The number of H-pyrrole nitrogens is 1. The molecule has 0 saturated heterocycles. The predicted octanol–water partition coefficient (Wildman–Crippen LogP) is 0.423. The van der Waals surface area contributed by atoms with Crippen LogP contribution >= 0.6 is 7.82 Å². The molecule has 28 heavy (non-hydrogen) atoms. The predicted molar refractivity (Wildman–Crippen MR) is 102 cm³/mol. The van der Waals surface area contributed by atoms with Gasteiger partial charge in [-0.1, -0.05) is 24.8 Å². The number of hydrogen-bond acceptors (Lipinski definition) is 5. The van der Waals surface area contributed by atoms with Crippen LogP contribution in [0.4, 0.5) is 0 Å². The fraction of sp³-hybridized carbons (Fsp3) is 0.111. The van der Waals surface area contributed by atoms with Crippen LogP contribution in [0.3, 0.4) is 0 Å². The maximum Gasteiger partial charge on any atom is 0.469 e. The van der Waals surface area contributed by atoms with Gasteiger partial charge in [0, 0.05) is 17.3 Å². The Morgan fingerprint density at radius 3 is 2.64 bits per heavy atom. The van der Waals surface area contributed by atoms with Gasteiger partial charge in [-0.3, -0.25) is 19.4 Å². The normalized spacial score (nSPS) is 12.5. The van der Waals surface area contributed by atoms with Crippen LogP contribution in [0.1, 0.15) is 16.8 Å². The van der Waals surface area contributed by atoms with Gasteiger partial charge < -0.3 is 14.9 Å². The molecule has 0 bridgehead atoms. The van der Waals surface area contributed by atoms with Gasteiger partial charge in [-0.05, 0) is 25.1 Å². The van der Waals surface area contributed by atoms with E-state index in [0.717, 1.165) is 0 Å². The summed E-state index contributed by atoms with van der Waals surface area (Å²) in [6.07, 6.45) is 2.71. The van der Waals surface area contributed by atoms with Crippen molar-refractivity contribution in [2.45, 2.75) is 13.5 Å². The SMILES string of the molecule is C=c1[nH]n(-c2ccccc2)c(=O)c1=Cc1c(COP(=O)(O)O)cnc(C)c1O. The molecule has 1 aromatic carbocycles. The topological polar surface area (TPSA) is 138 Å². The molecule has 146 valence electrons. The average molecular weight is 403 g/mol. The molecular formula is C18H18N3O6P. The third-order valence-electron chi connectivity index (χ3n) is 4.05. The van der Waals surface area contributed by atoms with E-state index in [4.69, 9.17) is 9.79 Å². The molecule has 0 unspecified atom stereocenters. The lowest BCUT2D eigenvalue weighted by atomic mass is 10.1. The summed E-state index contributed by atoms with van der Waals surface area (Å²) in [7, 11) is -4.72. The number of hydrogen-bond donors (Lipinski definition) is 4. The van der Waals surface area contributed by atoms with Crippen molar-refractivity contribution in [3.8, 4) is 11.4 Å². The molecule has 0 atom stereocenters. The molecule has 0 spiro atoms. The number of nitrogens with one attached hydrogen (secondary N) is 1. The Hall–Kier alpha value is -2.97. The first-order valence-corrected chi connectivity index (χ1v) is 9.65. The number of nitrogens with zero attached hydrogens (tertiary/aromatic N) is 2. The molecule has 0 aliphatic heterocycles. The summed E-state index contributed by atoms with van der Waals surface area (Å²) >= 11 is 0. The molecule has 10 heteroatoms. The third-order valence-corrected chi connectivity index (χ3v) is 4.52. The molecule has 0 aliphatic rings. The number of aromatic hydroxyl groups is 1. The molecule has 0 aliphatic carbocycles. The zero-order valence-corrected chi connectivity index (χ0v) is 15.8. The van der Waals surface area contributed by atoms with Crippen LogP contribution < -0.4 is 16.1 Å². The highest BCUT2D eigenvalue weighted by Crippen LogP contribution is 2.38. The van der Waals surface area contributed by atoms with Crippen molar-refractivity contribution in [1.82, 2.24) is 14.8 Å². The lowest BCUT2D eigenvalue weighted by Crippen LogP contribution is -2.34. The first-order valence-electron chi connectivity index (χ1n) is 8.12. The molecule has 9 nitrogen and oxygen atoms in total. The van der Waals surface area contributed by atoms with E-state index in [2.05, 4.69) is 21.2 Å². The Morgan fingerprint density at radius 2 is 2.00 bits per heavy atom. The van der Waals surface area contributed by atoms with Crippen molar-refractivity contribution in [3.63, 3.8) is 0 Å². The maximum absolute atomic E-state index is 12.8. The van der Waals surface area contributed by atoms with E-state index in [1.165, 1.54) is 17.0 Å². The minimum atomic E-state index is -4.72. The summed E-state index contributed by atoms with van der Waals surface area (Å²) in [4.78, 5) is 34.7. The first-order chi connectivity index (χ1) is 13.2. The summed E-state index contributed by atoms with van der Waals surface area (Å²) in [5.41, 5.74) is 0.875. The van der Waals surface area contributed by atoms with Crippen LogP contribution in [0, 0.1) is 6.92 Å². The van der Waals surface area contributed by atoms with Gasteiger partial charge in [0.25, 0.3) is 5.56 Å². The quantitative estimate of drug-likeness (QED) is 0.453. The van der Waals surface area contributed by atoms with Gasteiger partial charge in [0.2, 0.25) is 0 Å². The molecule has 0 saturated carbocycles. The summed E-state index contributed by atoms with van der Waals surface area (Å²) in [5, 5.41) is 13.8. The van der Waals surface area contributed by atoms with Gasteiger partial charge >= 0.3 is 7.82 Å². The number of phosphoric acid groups is 1. The summed E-state index contributed by atoms with van der Waals surface area (Å²) in [6, 6.07) is 8.87. The van der Waals surface area contributed by atoms with E-state index in [1.54, 1.807) is 31.2 Å². The number of aromatic nitrogens is 3. The van der Waals surface area contributed by atoms with Gasteiger partial charge in [0.05, 0.1) is 28.6 Å². The highest BCUT2D eigenvalue weighted by atomic mass is 31.2. The fourth-order valence-electron chi connectivity index (χ4n) is 2.63. The van der Waals surface area contributed by atoms with Gasteiger partial charge in [0.1, 0.15) is 5.75 Å². The Balaban J connectivity index is 2.18. The fourth-order valence-corrected chi connectivity index (χ4v) is 2.94. The molecule has 4 N–H and O–H groups in total. The molecule has 0 fully saturated rings. The lowest BCUT2D eigenvalue weighted by molar-refractivity contribution is 0.188. The summed E-state index contributed by atoms with van der Waals surface area (Å²) in [6.45, 7) is 4.89. The highest BCUT2D eigenvalue weighted by molar-refractivity contribution is 7.46. The average Bonchev–Trinajstić information content (AvgIpc) is 2.93. The minimum Gasteiger partial charge on any atom is -0.505 e. The summed E-state index contributed by atoms with van der Waals surface area (Å²) < 4.78 is 16.8. The second-order valence-electron chi connectivity index (χ2n) is 6.02. The van der Waals surface area contributed by atoms with Crippen molar-refractivity contribution >= 4 is 20.5 Å². The monoisotopic (exact) mass is 403 g/mol. The Labute approximate surface area is 159 Å². The highest BCUT2D eigenvalue weighted by Gasteiger charge is 2.17. The zero-order chi connectivity index (χ0) is 20.5. The second kappa shape index (κ2) is 7.57. The molecule has 2 heterocycles. The van der Waals surface area contributed by atoms with E-state index in [9.17, 15) is 14.5 Å². The zero-order valence-electron chi connectivity index (χ0n) is 14.9. The largest absolute Gasteiger partial charge is 0.505 e. The standard InChI is InChI=1S/C18H18N3O6P/c1-11-15(18(23)21(20-11)14-6-4-3-5-7-14)8-16-13(10-27-28(24,25)26)9-19-12(2)17(16)22/h3-9,20,22H,1,10H2,2H3,(H2,24,25,26). The molecule has 3 aromatic rings. The second-order valence-corrected chi connectivity index (χ2v) is 7.26. The number of phosphoric ester groups is 1. The van der Waals surface area contributed by atoms with Gasteiger partial charge in [-0.2, -0.15) is 0 Å². The summed E-state index contributed by atoms with van der Waals surface area (Å²) in [5.74, 6) is -0.224. The number of aryl methyl sites for hydroxylation is 1. The first kappa shape index (κ1) is 19.8. The van der Waals surface area contributed by atoms with Crippen LogP contribution in [0.5, 0.6) is 5.75 Å². The molecular weight excluding hydrogens is 385 g/mol. The van der Waals surface area contributed by atoms with Crippen molar-refractivity contribution in [2.75, 3.05) is 0 Å². The van der Waals surface area contributed by atoms with Crippen LogP contribution in [-0.2, 0) is 15.7 Å². The number of para-hydroxylation sites is 1. The lowest BCUT2D eigenvalue weighted by Gasteiger charge is -2.10. The van der Waals surface area contributed by atoms with Gasteiger partial charge in [-0.15, -0.1) is 0 Å². The Morgan fingerprint density at radius 1 is 1.32 bits per heavy atom. The van der Waals surface area contributed by atoms with E-state index in [0.29, 0.717) is 11.0 Å². The van der Waals surface area contributed by atoms with Crippen molar-refractivity contribution in [1.29, 1.82) is 0 Å². The van der Waals surface area contributed by atoms with Crippen LogP contribution in [0.2, 0.25) is 0 Å². The Kier molecular flexibility index (Phi) is 5.35. The van der Waals surface area contributed by atoms with Gasteiger partial charge in [-0.25, -0.2) is 9.25 Å². The Bertz CT molecular complexity index is 1230. The van der Waals surface area contributed by atoms with E-state index < -0.39 is 20.0 Å². The van der Waals surface area contributed by atoms with Gasteiger partial charge in [0.15, 0.2) is 0 Å². The molecule has 3 rings (SSSR count).